The van der Waals surface area contributed by atoms with Gasteiger partial charge in [-0.3, -0.25) is 0 Å². The standard InChI is InChI=1S/C11H18ClN3O/c1-2-8-3-5-9(6-4-8)13-11-15-14-10(7-12)16-11/h8-9H,2-7H2,1H3,(H,13,15). The van der Waals surface area contributed by atoms with Gasteiger partial charge < -0.3 is 9.73 Å². The minimum atomic E-state index is 0.275. The van der Waals surface area contributed by atoms with Gasteiger partial charge in [0, 0.05) is 6.04 Å². The Balaban J connectivity index is 1.82. The van der Waals surface area contributed by atoms with Crippen LogP contribution in [0, 0.1) is 5.92 Å². The second-order valence-electron chi connectivity index (χ2n) is 4.40. The van der Waals surface area contributed by atoms with E-state index >= 15 is 0 Å². The Hall–Kier alpha value is -0.770. The van der Waals surface area contributed by atoms with Crippen molar-refractivity contribution < 1.29 is 4.42 Å². The Morgan fingerprint density at radius 3 is 2.62 bits per heavy atom. The zero-order valence-corrected chi connectivity index (χ0v) is 10.3. The van der Waals surface area contributed by atoms with Gasteiger partial charge in [-0.05, 0) is 31.6 Å². The lowest BCUT2D eigenvalue weighted by molar-refractivity contribution is 0.326. The molecule has 0 aromatic carbocycles. The number of nitrogens with zero attached hydrogens (tertiary/aromatic N) is 2. The molecule has 0 radical (unpaired) electrons. The Kier molecular flexibility index (Phi) is 4.04. The predicted molar refractivity (Wildman–Crippen MR) is 63.5 cm³/mol. The average molecular weight is 244 g/mol. The number of hydrogen-bond donors (Lipinski definition) is 1. The lowest BCUT2D eigenvalue weighted by Crippen LogP contribution is -2.26. The maximum atomic E-state index is 5.60. The van der Waals surface area contributed by atoms with E-state index in [1.165, 1.54) is 32.1 Å². The number of rotatable bonds is 4. The molecule has 0 unspecified atom stereocenters. The fraction of sp³-hybridized carbons (Fsp3) is 0.818. The summed E-state index contributed by atoms with van der Waals surface area (Å²) in [6, 6.07) is 0.988. The van der Waals surface area contributed by atoms with Crippen LogP contribution in [0.5, 0.6) is 0 Å². The predicted octanol–water partition coefficient (Wildman–Crippen LogP) is 3.19. The third-order valence-corrected chi connectivity index (χ3v) is 3.56. The molecule has 1 N–H and O–H groups in total. The quantitative estimate of drug-likeness (QED) is 0.826. The van der Waals surface area contributed by atoms with Crippen molar-refractivity contribution in [1.29, 1.82) is 0 Å². The molecule has 1 aliphatic rings. The van der Waals surface area contributed by atoms with Crippen molar-refractivity contribution in [3.05, 3.63) is 5.89 Å². The van der Waals surface area contributed by atoms with Crippen LogP contribution in [0.15, 0.2) is 4.42 Å². The molecular weight excluding hydrogens is 226 g/mol. The second kappa shape index (κ2) is 5.53. The molecule has 1 aromatic rings. The van der Waals surface area contributed by atoms with E-state index in [1.54, 1.807) is 0 Å². The molecule has 1 aromatic heterocycles. The highest BCUT2D eigenvalue weighted by atomic mass is 35.5. The van der Waals surface area contributed by atoms with Crippen molar-refractivity contribution in [1.82, 2.24) is 10.2 Å². The van der Waals surface area contributed by atoms with E-state index < -0.39 is 0 Å². The van der Waals surface area contributed by atoms with Gasteiger partial charge in [0.2, 0.25) is 5.89 Å². The van der Waals surface area contributed by atoms with Crippen LogP contribution in [0.1, 0.15) is 44.9 Å². The van der Waals surface area contributed by atoms with E-state index in [0.717, 1.165) is 5.92 Å². The molecule has 1 fully saturated rings. The first-order valence-corrected chi connectivity index (χ1v) is 6.50. The molecule has 1 aliphatic carbocycles. The highest BCUT2D eigenvalue weighted by molar-refractivity contribution is 6.16. The Labute approximate surface area is 101 Å². The first kappa shape index (κ1) is 11.7. The smallest absolute Gasteiger partial charge is 0.315 e. The van der Waals surface area contributed by atoms with E-state index in [2.05, 4.69) is 22.4 Å². The number of hydrogen-bond acceptors (Lipinski definition) is 4. The Morgan fingerprint density at radius 2 is 2.06 bits per heavy atom. The molecule has 0 aliphatic heterocycles. The van der Waals surface area contributed by atoms with Gasteiger partial charge in [-0.2, -0.15) is 0 Å². The third kappa shape index (κ3) is 2.88. The second-order valence-corrected chi connectivity index (χ2v) is 4.67. The maximum Gasteiger partial charge on any atom is 0.315 e. The molecule has 90 valence electrons. The molecule has 2 rings (SSSR count). The SMILES string of the molecule is CCC1CCC(Nc2nnc(CCl)o2)CC1. The highest BCUT2D eigenvalue weighted by Crippen LogP contribution is 2.28. The summed E-state index contributed by atoms with van der Waals surface area (Å²) in [4.78, 5) is 0. The summed E-state index contributed by atoms with van der Waals surface area (Å²) < 4.78 is 5.32. The van der Waals surface area contributed by atoms with Gasteiger partial charge in [0.05, 0.1) is 0 Å². The lowest BCUT2D eigenvalue weighted by atomic mass is 9.85. The lowest BCUT2D eigenvalue weighted by Gasteiger charge is -2.27. The largest absolute Gasteiger partial charge is 0.407 e. The van der Waals surface area contributed by atoms with Crippen molar-refractivity contribution in [3.8, 4) is 0 Å². The molecule has 16 heavy (non-hydrogen) atoms. The minimum Gasteiger partial charge on any atom is -0.407 e. The molecule has 0 atom stereocenters. The Bertz CT molecular complexity index is 321. The maximum absolute atomic E-state index is 5.60. The molecule has 0 saturated heterocycles. The summed E-state index contributed by atoms with van der Waals surface area (Å²) >= 11 is 5.60. The van der Waals surface area contributed by atoms with Gasteiger partial charge in [0.1, 0.15) is 5.88 Å². The molecular formula is C11H18ClN3O. The highest BCUT2D eigenvalue weighted by Gasteiger charge is 2.21. The van der Waals surface area contributed by atoms with Crippen LogP contribution in [0.3, 0.4) is 0 Å². The van der Waals surface area contributed by atoms with Gasteiger partial charge in [0.15, 0.2) is 0 Å². The Morgan fingerprint density at radius 1 is 1.31 bits per heavy atom. The van der Waals surface area contributed by atoms with Crippen LogP contribution in [0.2, 0.25) is 0 Å². The van der Waals surface area contributed by atoms with Crippen LogP contribution in [-0.4, -0.2) is 16.2 Å². The van der Waals surface area contributed by atoms with Crippen molar-refractivity contribution in [2.45, 2.75) is 50.9 Å². The first-order valence-electron chi connectivity index (χ1n) is 5.96. The van der Waals surface area contributed by atoms with E-state index in [-0.39, 0.29) is 5.88 Å². The molecule has 0 bridgehead atoms. The first-order chi connectivity index (χ1) is 7.81. The fourth-order valence-corrected chi connectivity index (χ4v) is 2.36. The van der Waals surface area contributed by atoms with E-state index in [9.17, 15) is 0 Å². The number of anilines is 1. The van der Waals surface area contributed by atoms with Gasteiger partial charge in [0.25, 0.3) is 0 Å². The zero-order chi connectivity index (χ0) is 11.4. The van der Waals surface area contributed by atoms with Crippen molar-refractivity contribution in [2.24, 2.45) is 5.92 Å². The number of aromatic nitrogens is 2. The van der Waals surface area contributed by atoms with Gasteiger partial charge in [-0.25, -0.2) is 0 Å². The van der Waals surface area contributed by atoms with Crippen LogP contribution < -0.4 is 5.32 Å². The molecule has 4 nitrogen and oxygen atoms in total. The summed E-state index contributed by atoms with van der Waals surface area (Å²) in [5.41, 5.74) is 0. The number of halogens is 1. The third-order valence-electron chi connectivity index (χ3n) is 3.33. The number of alkyl halides is 1. The molecule has 1 heterocycles. The number of nitrogens with one attached hydrogen (secondary N) is 1. The van der Waals surface area contributed by atoms with E-state index in [1.807, 2.05) is 0 Å². The average Bonchev–Trinajstić information content (AvgIpc) is 2.78. The molecule has 0 amide bonds. The molecule has 1 saturated carbocycles. The summed E-state index contributed by atoms with van der Waals surface area (Å²) in [5, 5.41) is 11.0. The normalized spacial score (nSPS) is 25.6. The summed E-state index contributed by atoms with van der Waals surface area (Å²) in [7, 11) is 0. The monoisotopic (exact) mass is 243 g/mol. The minimum absolute atomic E-state index is 0.275. The van der Waals surface area contributed by atoms with Crippen molar-refractivity contribution >= 4 is 17.6 Å². The van der Waals surface area contributed by atoms with Gasteiger partial charge in [-0.15, -0.1) is 16.7 Å². The van der Waals surface area contributed by atoms with E-state index in [4.69, 9.17) is 16.0 Å². The zero-order valence-electron chi connectivity index (χ0n) is 9.58. The van der Waals surface area contributed by atoms with Crippen LogP contribution >= 0.6 is 11.6 Å². The van der Waals surface area contributed by atoms with Crippen LogP contribution in [0.25, 0.3) is 0 Å². The van der Waals surface area contributed by atoms with Crippen LogP contribution in [-0.2, 0) is 5.88 Å². The summed E-state index contributed by atoms with van der Waals surface area (Å²) in [6.45, 7) is 2.27. The molecule has 5 heteroatoms. The summed E-state index contributed by atoms with van der Waals surface area (Å²) in [6.07, 6.45) is 6.27. The van der Waals surface area contributed by atoms with Gasteiger partial charge >= 0.3 is 6.01 Å². The van der Waals surface area contributed by atoms with Crippen LogP contribution in [0.4, 0.5) is 6.01 Å². The van der Waals surface area contributed by atoms with Crippen molar-refractivity contribution in [2.75, 3.05) is 5.32 Å². The van der Waals surface area contributed by atoms with Crippen molar-refractivity contribution in [3.63, 3.8) is 0 Å². The molecule has 0 spiro atoms. The van der Waals surface area contributed by atoms with Gasteiger partial charge in [-0.1, -0.05) is 18.4 Å². The topological polar surface area (TPSA) is 51.0 Å². The van der Waals surface area contributed by atoms with E-state index in [0.29, 0.717) is 17.9 Å². The summed E-state index contributed by atoms with van der Waals surface area (Å²) in [5.74, 6) is 1.66. The fourth-order valence-electron chi connectivity index (χ4n) is 2.26.